The predicted octanol–water partition coefficient (Wildman–Crippen LogP) is 2.77. The third-order valence-corrected chi connectivity index (χ3v) is 6.69. The van der Waals surface area contributed by atoms with Crippen molar-refractivity contribution in [2.24, 2.45) is 12.8 Å². The first kappa shape index (κ1) is 22.4. The number of anilines is 3. The molecule has 0 spiro atoms. The number of ether oxygens (including phenoxy) is 1. The molecule has 1 aliphatic carbocycles. The maximum absolute atomic E-state index is 12.5. The quantitative estimate of drug-likeness (QED) is 0.422. The Kier molecular flexibility index (Phi) is 5.48. The molecule has 11 nitrogen and oxygen atoms in total. The average Bonchev–Trinajstić information content (AvgIpc) is 3.67. The van der Waals surface area contributed by atoms with E-state index in [1.807, 2.05) is 23.7 Å². The van der Waals surface area contributed by atoms with E-state index in [1.165, 1.54) is 0 Å². The van der Waals surface area contributed by atoms with E-state index >= 15 is 0 Å². The van der Waals surface area contributed by atoms with E-state index in [1.54, 1.807) is 24.9 Å². The van der Waals surface area contributed by atoms with Crippen LogP contribution in [0.5, 0.6) is 0 Å². The molecule has 2 aliphatic rings. The highest BCUT2D eigenvalue weighted by atomic mass is 16.5. The van der Waals surface area contributed by atoms with Crippen molar-refractivity contribution >= 4 is 34.3 Å². The molecule has 2 fully saturated rings. The number of hydrogen-bond acceptors (Lipinski definition) is 9. The van der Waals surface area contributed by atoms with E-state index in [4.69, 9.17) is 20.4 Å². The molecule has 0 aromatic carbocycles. The SMILES string of the molecule is CC1COCCN1c1ccc(Nc2nc(C3CC3)c(-c3cncc4c3ncn4C)nc2C(N)=O)cn1. The van der Waals surface area contributed by atoms with Gasteiger partial charge < -0.3 is 25.3 Å². The number of hydrogen-bond donors (Lipinski definition) is 2. The minimum atomic E-state index is -0.665. The van der Waals surface area contributed by atoms with E-state index < -0.39 is 5.91 Å². The molecule has 1 atom stereocenters. The first-order chi connectivity index (χ1) is 17.5. The number of morpholine rings is 1. The van der Waals surface area contributed by atoms with E-state index in [0.29, 0.717) is 30.4 Å². The summed E-state index contributed by atoms with van der Waals surface area (Å²) >= 11 is 0. The van der Waals surface area contributed by atoms with Gasteiger partial charge in [-0.15, -0.1) is 0 Å². The smallest absolute Gasteiger partial charge is 0.271 e. The summed E-state index contributed by atoms with van der Waals surface area (Å²) in [6, 6.07) is 4.12. The number of primary amides is 1. The van der Waals surface area contributed by atoms with Crippen LogP contribution in [0.3, 0.4) is 0 Å². The molecule has 6 rings (SSSR count). The lowest BCUT2D eigenvalue weighted by Crippen LogP contribution is -2.44. The Hall–Kier alpha value is -4.12. The number of pyridine rings is 2. The Balaban J connectivity index is 1.38. The monoisotopic (exact) mass is 485 g/mol. The Bertz CT molecular complexity index is 1450. The number of aromatic nitrogens is 6. The highest BCUT2D eigenvalue weighted by Gasteiger charge is 2.32. The Labute approximate surface area is 207 Å². The molecule has 36 heavy (non-hydrogen) atoms. The maximum atomic E-state index is 12.5. The van der Waals surface area contributed by atoms with Gasteiger partial charge in [-0.25, -0.2) is 19.9 Å². The van der Waals surface area contributed by atoms with Crippen LogP contribution in [-0.4, -0.2) is 61.2 Å². The zero-order valence-corrected chi connectivity index (χ0v) is 20.2. The van der Waals surface area contributed by atoms with E-state index in [0.717, 1.165) is 47.5 Å². The summed E-state index contributed by atoms with van der Waals surface area (Å²) in [6.07, 6.45) is 8.97. The van der Waals surface area contributed by atoms with Crippen LogP contribution < -0.4 is 16.0 Å². The molecule has 4 aromatic heterocycles. The van der Waals surface area contributed by atoms with Gasteiger partial charge in [0.2, 0.25) is 0 Å². The molecule has 0 bridgehead atoms. The molecule has 0 radical (unpaired) electrons. The fourth-order valence-electron chi connectivity index (χ4n) is 4.60. The van der Waals surface area contributed by atoms with Crippen LogP contribution in [0.15, 0.2) is 37.1 Å². The summed E-state index contributed by atoms with van der Waals surface area (Å²) < 4.78 is 7.42. The Morgan fingerprint density at radius 3 is 2.75 bits per heavy atom. The van der Waals surface area contributed by atoms with Crippen LogP contribution >= 0.6 is 0 Å². The molecular formula is C25H27N9O2. The second-order valence-electron chi connectivity index (χ2n) is 9.35. The van der Waals surface area contributed by atoms with Crippen LogP contribution in [0, 0.1) is 0 Å². The van der Waals surface area contributed by atoms with Crippen molar-refractivity contribution in [1.29, 1.82) is 0 Å². The summed E-state index contributed by atoms with van der Waals surface area (Å²) in [5.74, 6) is 0.796. The van der Waals surface area contributed by atoms with Crippen LogP contribution in [0.4, 0.5) is 17.3 Å². The highest BCUT2D eigenvalue weighted by molar-refractivity contribution is 5.98. The van der Waals surface area contributed by atoms with Crippen molar-refractivity contribution in [2.75, 3.05) is 30.0 Å². The largest absolute Gasteiger partial charge is 0.377 e. The Morgan fingerprint density at radius 1 is 1.17 bits per heavy atom. The summed E-state index contributed by atoms with van der Waals surface area (Å²) in [5, 5.41) is 3.22. The number of nitrogens with one attached hydrogen (secondary N) is 1. The zero-order valence-electron chi connectivity index (χ0n) is 20.2. The van der Waals surface area contributed by atoms with Gasteiger partial charge >= 0.3 is 0 Å². The minimum Gasteiger partial charge on any atom is -0.377 e. The number of nitrogens with zero attached hydrogens (tertiary/aromatic N) is 7. The molecular weight excluding hydrogens is 458 g/mol. The molecule has 11 heteroatoms. The van der Waals surface area contributed by atoms with Crippen molar-refractivity contribution in [3.63, 3.8) is 0 Å². The highest BCUT2D eigenvalue weighted by Crippen LogP contribution is 2.44. The second kappa shape index (κ2) is 8.83. The van der Waals surface area contributed by atoms with Gasteiger partial charge in [0, 0.05) is 31.3 Å². The molecule has 1 saturated carbocycles. The molecule has 184 valence electrons. The second-order valence-corrected chi connectivity index (χ2v) is 9.35. The van der Waals surface area contributed by atoms with Gasteiger partial charge in [0.25, 0.3) is 5.91 Å². The van der Waals surface area contributed by atoms with E-state index in [-0.39, 0.29) is 17.7 Å². The first-order valence-corrected chi connectivity index (χ1v) is 12.0. The zero-order chi connectivity index (χ0) is 24.8. The van der Waals surface area contributed by atoms with Gasteiger partial charge in [-0.2, -0.15) is 0 Å². The molecule has 1 amide bonds. The average molecular weight is 486 g/mol. The fraction of sp³-hybridized carbons (Fsp3) is 0.360. The van der Waals surface area contributed by atoms with Gasteiger partial charge in [0.1, 0.15) is 11.3 Å². The lowest BCUT2D eigenvalue weighted by Gasteiger charge is -2.34. The summed E-state index contributed by atoms with van der Waals surface area (Å²) in [5.41, 5.74) is 10.3. The minimum absolute atomic E-state index is 0.0632. The molecule has 5 heterocycles. The fourth-order valence-corrected chi connectivity index (χ4v) is 4.60. The van der Waals surface area contributed by atoms with Crippen molar-refractivity contribution < 1.29 is 9.53 Å². The first-order valence-electron chi connectivity index (χ1n) is 12.0. The van der Waals surface area contributed by atoms with Gasteiger partial charge in [-0.05, 0) is 31.9 Å². The number of rotatable bonds is 6. The van der Waals surface area contributed by atoms with Crippen molar-refractivity contribution in [3.8, 4) is 11.3 Å². The van der Waals surface area contributed by atoms with Crippen molar-refractivity contribution in [2.45, 2.75) is 31.7 Å². The summed E-state index contributed by atoms with van der Waals surface area (Å²) in [7, 11) is 1.91. The van der Waals surface area contributed by atoms with E-state index in [9.17, 15) is 4.79 Å². The standard InChI is InChI=1S/C25H27N9O2/c1-14-12-36-8-7-34(14)19-6-5-16(9-28-19)30-25-23(24(26)35)31-22(20(32-25)15-3-4-15)17-10-27-11-18-21(17)29-13-33(18)2/h5-6,9-11,13-15H,3-4,7-8,12H2,1-2H3,(H2,26,35)(H,30,32). The lowest BCUT2D eigenvalue weighted by molar-refractivity contribution is 0.0985. The van der Waals surface area contributed by atoms with Gasteiger partial charge in [-0.3, -0.25) is 9.78 Å². The molecule has 4 aromatic rings. The summed E-state index contributed by atoms with van der Waals surface area (Å²) in [4.78, 5) is 37.8. The topological polar surface area (TPSA) is 137 Å². The molecule has 1 aliphatic heterocycles. The number of fused-ring (bicyclic) bond motifs is 1. The Morgan fingerprint density at radius 2 is 2.03 bits per heavy atom. The number of imidazole rings is 1. The molecule has 3 N–H and O–H groups in total. The third kappa shape index (κ3) is 4.01. The predicted molar refractivity (Wildman–Crippen MR) is 135 cm³/mol. The van der Waals surface area contributed by atoms with Crippen LogP contribution in [0.25, 0.3) is 22.3 Å². The number of carbonyl (C=O) groups is 1. The number of amides is 1. The summed E-state index contributed by atoms with van der Waals surface area (Å²) in [6.45, 7) is 4.27. The number of aryl methyl sites for hydroxylation is 1. The van der Waals surface area contributed by atoms with Crippen LogP contribution in [0.1, 0.15) is 41.9 Å². The third-order valence-electron chi connectivity index (χ3n) is 6.69. The van der Waals surface area contributed by atoms with Crippen molar-refractivity contribution in [1.82, 2.24) is 29.5 Å². The number of carbonyl (C=O) groups excluding carboxylic acids is 1. The van der Waals surface area contributed by atoms with E-state index in [2.05, 4.69) is 32.1 Å². The normalized spacial score (nSPS) is 17.9. The van der Waals surface area contributed by atoms with Crippen LogP contribution in [-0.2, 0) is 11.8 Å². The number of nitrogens with two attached hydrogens (primary N) is 1. The molecule has 1 saturated heterocycles. The lowest BCUT2D eigenvalue weighted by atomic mass is 10.1. The van der Waals surface area contributed by atoms with Gasteiger partial charge in [-0.1, -0.05) is 0 Å². The van der Waals surface area contributed by atoms with Crippen molar-refractivity contribution in [3.05, 3.63) is 48.4 Å². The van der Waals surface area contributed by atoms with Gasteiger partial charge in [0.05, 0.1) is 60.6 Å². The van der Waals surface area contributed by atoms with Gasteiger partial charge in [0.15, 0.2) is 11.5 Å². The van der Waals surface area contributed by atoms with Crippen LogP contribution in [0.2, 0.25) is 0 Å². The maximum Gasteiger partial charge on any atom is 0.271 e. The molecule has 1 unspecified atom stereocenters.